The van der Waals surface area contributed by atoms with Gasteiger partial charge in [-0.1, -0.05) is 18.2 Å². The fourth-order valence-electron chi connectivity index (χ4n) is 4.45. The number of aromatic nitrogens is 1. The lowest BCUT2D eigenvalue weighted by molar-refractivity contribution is -0.145. The van der Waals surface area contributed by atoms with Crippen LogP contribution in [0.3, 0.4) is 0 Å². The van der Waals surface area contributed by atoms with Crippen molar-refractivity contribution in [2.75, 3.05) is 26.7 Å². The van der Waals surface area contributed by atoms with Crippen LogP contribution in [0.15, 0.2) is 48.7 Å². The fourth-order valence-corrected chi connectivity index (χ4v) is 4.45. The van der Waals surface area contributed by atoms with Crippen molar-refractivity contribution in [2.24, 2.45) is 5.92 Å². The third-order valence-corrected chi connectivity index (χ3v) is 6.30. The lowest BCUT2D eigenvalue weighted by Crippen LogP contribution is -2.49. The van der Waals surface area contributed by atoms with Crippen LogP contribution in [-0.2, 0) is 27.5 Å². The molecule has 0 spiro atoms. The first kappa shape index (κ1) is 22.3. The maximum absolute atomic E-state index is 13.2. The molecule has 0 aliphatic carbocycles. The number of carbonyl (C=O) groups excluding carboxylic acids is 2. The highest BCUT2D eigenvalue weighted by Crippen LogP contribution is 2.25. The van der Waals surface area contributed by atoms with Gasteiger partial charge in [-0.25, -0.2) is 0 Å². The standard InChI is InChI=1S/C25H31N3O4/c1-31-23-7-4-5-19(15-23)16-28-17-20(8-9-24(28)29)25(30)27-13-10-22(11-14-27)32-18-21-6-2-3-12-26-21/h2-7,12,15,20,22H,8-11,13-14,16-18H2,1H3. The molecule has 2 aliphatic rings. The number of hydrogen-bond acceptors (Lipinski definition) is 5. The molecule has 4 rings (SSSR count). The van der Waals surface area contributed by atoms with Gasteiger partial charge in [0.05, 0.1) is 31.4 Å². The van der Waals surface area contributed by atoms with Gasteiger partial charge in [0, 0.05) is 38.8 Å². The molecule has 2 fully saturated rings. The van der Waals surface area contributed by atoms with Crippen LogP contribution in [-0.4, -0.2) is 59.4 Å². The minimum absolute atomic E-state index is 0.110. The zero-order valence-corrected chi connectivity index (χ0v) is 18.6. The molecule has 7 nitrogen and oxygen atoms in total. The van der Waals surface area contributed by atoms with Crippen molar-refractivity contribution in [1.29, 1.82) is 0 Å². The number of ether oxygens (including phenoxy) is 2. The van der Waals surface area contributed by atoms with Crippen molar-refractivity contribution in [2.45, 2.75) is 44.9 Å². The number of benzene rings is 1. The van der Waals surface area contributed by atoms with E-state index in [1.807, 2.05) is 52.3 Å². The number of nitrogens with zero attached hydrogens (tertiary/aromatic N) is 3. The number of piperidine rings is 2. The van der Waals surface area contributed by atoms with Crippen LogP contribution < -0.4 is 4.74 Å². The van der Waals surface area contributed by atoms with Gasteiger partial charge >= 0.3 is 0 Å². The summed E-state index contributed by atoms with van der Waals surface area (Å²) < 4.78 is 11.3. The fraction of sp³-hybridized carbons (Fsp3) is 0.480. The second-order valence-corrected chi connectivity index (χ2v) is 8.52. The first-order valence-electron chi connectivity index (χ1n) is 11.3. The SMILES string of the molecule is COc1cccc(CN2CC(C(=O)N3CCC(OCc4ccccn4)CC3)CCC2=O)c1. The van der Waals surface area contributed by atoms with Crippen molar-refractivity contribution in [1.82, 2.24) is 14.8 Å². The summed E-state index contributed by atoms with van der Waals surface area (Å²) in [5.41, 5.74) is 1.94. The van der Waals surface area contributed by atoms with Gasteiger partial charge in [-0.3, -0.25) is 14.6 Å². The molecule has 1 aromatic heterocycles. The van der Waals surface area contributed by atoms with Gasteiger partial charge in [-0.05, 0) is 49.1 Å². The van der Waals surface area contributed by atoms with Crippen molar-refractivity contribution >= 4 is 11.8 Å². The molecule has 1 unspecified atom stereocenters. The number of methoxy groups -OCH3 is 1. The molecule has 1 atom stereocenters. The predicted molar refractivity (Wildman–Crippen MR) is 120 cm³/mol. The molecule has 3 heterocycles. The minimum atomic E-state index is -0.135. The van der Waals surface area contributed by atoms with Crippen LogP contribution >= 0.6 is 0 Å². The van der Waals surface area contributed by atoms with Crippen molar-refractivity contribution in [3.63, 3.8) is 0 Å². The monoisotopic (exact) mass is 437 g/mol. The molecule has 7 heteroatoms. The molecule has 2 saturated heterocycles. The van der Waals surface area contributed by atoms with E-state index >= 15 is 0 Å². The van der Waals surface area contributed by atoms with Gasteiger partial charge in [-0.15, -0.1) is 0 Å². The van der Waals surface area contributed by atoms with E-state index in [2.05, 4.69) is 4.98 Å². The smallest absolute Gasteiger partial charge is 0.227 e. The average Bonchev–Trinajstić information content (AvgIpc) is 2.85. The Morgan fingerprint density at radius 3 is 2.72 bits per heavy atom. The molecule has 1 aromatic carbocycles. The number of rotatable bonds is 7. The molecule has 0 bridgehead atoms. The lowest BCUT2D eigenvalue weighted by atomic mass is 9.94. The molecular formula is C25H31N3O4. The first-order valence-corrected chi connectivity index (χ1v) is 11.3. The molecule has 2 aromatic rings. The summed E-state index contributed by atoms with van der Waals surface area (Å²) in [7, 11) is 1.63. The zero-order valence-electron chi connectivity index (χ0n) is 18.6. The summed E-state index contributed by atoms with van der Waals surface area (Å²) in [6, 6.07) is 13.5. The van der Waals surface area contributed by atoms with Crippen LogP contribution in [0.25, 0.3) is 0 Å². The Kier molecular flexibility index (Phi) is 7.37. The number of carbonyl (C=O) groups is 2. The number of hydrogen-bond donors (Lipinski definition) is 0. The number of amides is 2. The second kappa shape index (κ2) is 10.6. The van der Waals surface area contributed by atoms with Gasteiger partial charge in [0.25, 0.3) is 0 Å². The van der Waals surface area contributed by atoms with Gasteiger partial charge in [0.1, 0.15) is 5.75 Å². The molecule has 2 amide bonds. The van der Waals surface area contributed by atoms with E-state index in [-0.39, 0.29) is 23.8 Å². The highest BCUT2D eigenvalue weighted by atomic mass is 16.5. The first-order chi connectivity index (χ1) is 15.6. The van der Waals surface area contributed by atoms with Crippen molar-refractivity contribution in [3.8, 4) is 5.75 Å². The highest BCUT2D eigenvalue weighted by molar-refractivity contribution is 5.84. The van der Waals surface area contributed by atoms with Gasteiger partial charge in [0.15, 0.2) is 0 Å². The maximum Gasteiger partial charge on any atom is 0.227 e. The Labute approximate surface area is 189 Å². The van der Waals surface area contributed by atoms with Gasteiger partial charge in [0.2, 0.25) is 11.8 Å². The lowest BCUT2D eigenvalue weighted by Gasteiger charge is -2.37. The van der Waals surface area contributed by atoms with Crippen LogP contribution in [0.2, 0.25) is 0 Å². The third-order valence-electron chi connectivity index (χ3n) is 6.30. The largest absolute Gasteiger partial charge is 0.497 e. The van der Waals surface area contributed by atoms with E-state index in [4.69, 9.17) is 9.47 Å². The molecular weight excluding hydrogens is 406 g/mol. The number of likely N-dealkylation sites (tertiary alicyclic amines) is 2. The Bertz CT molecular complexity index is 912. The van der Waals surface area contributed by atoms with Crippen LogP contribution in [0.5, 0.6) is 5.75 Å². The summed E-state index contributed by atoms with van der Waals surface area (Å²) in [6.45, 7) is 2.88. The van der Waals surface area contributed by atoms with E-state index < -0.39 is 0 Å². The van der Waals surface area contributed by atoms with Gasteiger partial charge in [-0.2, -0.15) is 0 Å². The molecule has 32 heavy (non-hydrogen) atoms. The molecule has 0 N–H and O–H groups in total. The number of pyridine rings is 1. The van der Waals surface area contributed by atoms with E-state index in [1.54, 1.807) is 13.3 Å². The quantitative estimate of drug-likeness (QED) is 0.666. The van der Waals surface area contributed by atoms with Crippen LogP contribution in [0, 0.1) is 5.92 Å². The average molecular weight is 438 g/mol. The normalized spacial score (nSPS) is 19.8. The van der Waals surface area contributed by atoms with Crippen LogP contribution in [0.1, 0.15) is 36.9 Å². The second-order valence-electron chi connectivity index (χ2n) is 8.52. The minimum Gasteiger partial charge on any atom is -0.497 e. The Morgan fingerprint density at radius 2 is 1.97 bits per heavy atom. The summed E-state index contributed by atoms with van der Waals surface area (Å²) in [5, 5.41) is 0. The van der Waals surface area contributed by atoms with Crippen LogP contribution in [0.4, 0.5) is 0 Å². The summed E-state index contributed by atoms with van der Waals surface area (Å²) in [5.74, 6) is 0.909. The summed E-state index contributed by atoms with van der Waals surface area (Å²) >= 11 is 0. The highest BCUT2D eigenvalue weighted by Gasteiger charge is 2.34. The Hall–Kier alpha value is -2.93. The molecule has 170 valence electrons. The van der Waals surface area contributed by atoms with E-state index in [1.165, 1.54) is 0 Å². The van der Waals surface area contributed by atoms with Gasteiger partial charge < -0.3 is 19.3 Å². The zero-order chi connectivity index (χ0) is 22.3. The summed E-state index contributed by atoms with van der Waals surface area (Å²) in [6.07, 6.45) is 4.63. The van der Waals surface area contributed by atoms with E-state index in [9.17, 15) is 9.59 Å². The van der Waals surface area contributed by atoms with Crippen molar-refractivity contribution in [3.05, 3.63) is 59.9 Å². The maximum atomic E-state index is 13.2. The Morgan fingerprint density at radius 1 is 1.12 bits per heavy atom. The van der Waals surface area contributed by atoms with E-state index in [0.29, 0.717) is 45.6 Å². The predicted octanol–water partition coefficient (Wildman–Crippen LogP) is 3.04. The molecule has 0 saturated carbocycles. The molecule has 0 radical (unpaired) electrons. The summed E-state index contributed by atoms with van der Waals surface area (Å²) in [4.78, 5) is 33.7. The van der Waals surface area contributed by atoms with E-state index in [0.717, 1.165) is 29.8 Å². The molecule has 2 aliphatic heterocycles. The topological polar surface area (TPSA) is 72.0 Å². The Balaban J connectivity index is 1.27. The van der Waals surface area contributed by atoms with Crippen molar-refractivity contribution < 1.29 is 19.1 Å². The third kappa shape index (κ3) is 5.65.